The van der Waals surface area contributed by atoms with Crippen molar-refractivity contribution in [1.82, 2.24) is 14.8 Å². The van der Waals surface area contributed by atoms with Crippen LogP contribution in [0, 0.1) is 17.0 Å². The molecule has 4 rings (SSSR count). The Bertz CT molecular complexity index is 1500. The Hall–Kier alpha value is -3.74. The van der Waals surface area contributed by atoms with Crippen LogP contribution in [0.3, 0.4) is 0 Å². The Morgan fingerprint density at radius 2 is 1.67 bits per heavy atom. The standard InChI is InChI=1S/C30H36F5N5O3/c1-16-13-40(14-17(2)38(16)6)22-11-21(31)24(18-8-7-9-39(15-18)28(43)29(3,4)5)25(32)26(22)37-27(42)19-12-36-23(41)10-20(19)30(33,34)35/h8,10-12,16-17H,7,9,13-15H2,1-6H3,(H,36,41)(H,37,42). The molecular weight excluding hydrogens is 573 g/mol. The Balaban J connectivity index is 1.84. The highest BCUT2D eigenvalue weighted by molar-refractivity contribution is 6.07. The first-order chi connectivity index (χ1) is 19.9. The van der Waals surface area contributed by atoms with E-state index in [4.69, 9.17) is 0 Å². The number of aromatic amines is 1. The van der Waals surface area contributed by atoms with Crippen LogP contribution in [-0.2, 0) is 11.0 Å². The fourth-order valence-corrected chi connectivity index (χ4v) is 5.52. The van der Waals surface area contributed by atoms with E-state index < -0.39 is 57.1 Å². The summed E-state index contributed by atoms with van der Waals surface area (Å²) in [5, 5.41) is 2.26. The number of nitrogens with zero attached hydrogens (tertiary/aromatic N) is 3. The fourth-order valence-electron chi connectivity index (χ4n) is 5.52. The molecule has 0 radical (unpaired) electrons. The van der Waals surface area contributed by atoms with Crippen molar-refractivity contribution in [1.29, 1.82) is 0 Å². The van der Waals surface area contributed by atoms with Crippen LogP contribution in [0.1, 0.15) is 62.5 Å². The minimum Gasteiger partial charge on any atom is -0.367 e. The van der Waals surface area contributed by atoms with Crippen molar-refractivity contribution in [2.45, 2.75) is 59.3 Å². The lowest BCUT2D eigenvalue weighted by Crippen LogP contribution is -2.55. The molecule has 43 heavy (non-hydrogen) atoms. The third kappa shape index (κ3) is 6.61. The molecule has 0 saturated carbocycles. The number of H-pyrrole nitrogens is 1. The molecule has 1 aromatic heterocycles. The van der Waals surface area contributed by atoms with Crippen LogP contribution >= 0.6 is 0 Å². The number of anilines is 2. The predicted octanol–water partition coefficient (Wildman–Crippen LogP) is 5.11. The van der Waals surface area contributed by atoms with E-state index in [-0.39, 0.29) is 41.9 Å². The minimum atomic E-state index is -5.05. The van der Waals surface area contributed by atoms with Crippen molar-refractivity contribution in [3.05, 3.63) is 63.1 Å². The molecule has 2 aromatic rings. The highest BCUT2D eigenvalue weighted by Gasteiger charge is 2.38. The van der Waals surface area contributed by atoms with Crippen molar-refractivity contribution in [3.8, 4) is 0 Å². The van der Waals surface area contributed by atoms with Crippen LogP contribution in [0.5, 0.6) is 0 Å². The van der Waals surface area contributed by atoms with Gasteiger partial charge in [-0.1, -0.05) is 26.8 Å². The average Bonchev–Trinajstić information content (AvgIpc) is 2.91. The van der Waals surface area contributed by atoms with Crippen LogP contribution in [0.25, 0.3) is 5.57 Å². The number of nitrogens with one attached hydrogen (secondary N) is 2. The van der Waals surface area contributed by atoms with Gasteiger partial charge in [0.05, 0.1) is 22.4 Å². The minimum absolute atomic E-state index is 0.0316. The zero-order valence-corrected chi connectivity index (χ0v) is 25.0. The summed E-state index contributed by atoms with van der Waals surface area (Å²) in [5.41, 5.74) is -5.04. The number of carbonyl (C=O) groups is 2. The number of hydrogen-bond acceptors (Lipinski definition) is 5. The maximum Gasteiger partial charge on any atom is 0.417 e. The third-order valence-corrected chi connectivity index (χ3v) is 8.01. The Labute approximate surface area is 246 Å². The van der Waals surface area contributed by atoms with E-state index in [9.17, 15) is 27.6 Å². The number of aromatic nitrogens is 1. The summed E-state index contributed by atoms with van der Waals surface area (Å²) in [6.07, 6.45) is -2.49. The molecule has 1 fully saturated rings. The van der Waals surface area contributed by atoms with Crippen molar-refractivity contribution in [3.63, 3.8) is 0 Å². The summed E-state index contributed by atoms with van der Waals surface area (Å²) in [5.74, 6) is -3.64. The number of rotatable bonds is 4. The van der Waals surface area contributed by atoms with Crippen LogP contribution in [-0.4, -0.2) is 71.9 Å². The average molecular weight is 610 g/mol. The van der Waals surface area contributed by atoms with Crippen molar-refractivity contribution in [2.24, 2.45) is 5.41 Å². The fraction of sp³-hybridized carbons (Fsp3) is 0.500. The molecule has 13 heteroatoms. The number of benzene rings is 1. The van der Waals surface area contributed by atoms with Gasteiger partial charge < -0.3 is 20.1 Å². The zero-order valence-electron chi connectivity index (χ0n) is 25.0. The van der Waals surface area contributed by atoms with Gasteiger partial charge in [0, 0.05) is 62.0 Å². The SMILES string of the molecule is CC1CN(c2cc(F)c(C3=CCCN(C(=O)C(C)(C)C)C3)c(F)c2NC(=O)c2c[nH]c(=O)cc2C(F)(F)F)CC(C)N1C. The van der Waals surface area contributed by atoms with Gasteiger partial charge in [0.15, 0.2) is 5.82 Å². The van der Waals surface area contributed by atoms with E-state index in [0.29, 0.717) is 32.3 Å². The number of likely N-dealkylation sites (N-methyl/N-ethyl adjacent to an activating group) is 1. The molecule has 2 amide bonds. The molecule has 3 heterocycles. The van der Waals surface area contributed by atoms with Gasteiger partial charge in [-0.15, -0.1) is 0 Å². The largest absolute Gasteiger partial charge is 0.417 e. The quantitative estimate of drug-likeness (QED) is 0.471. The Morgan fingerprint density at radius 3 is 2.26 bits per heavy atom. The monoisotopic (exact) mass is 609 g/mol. The zero-order chi connectivity index (χ0) is 32.0. The van der Waals surface area contributed by atoms with E-state index in [1.54, 1.807) is 31.7 Å². The van der Waals surface area contributed by atoms with Gasteiger partial charge in [0.25, 0.3) is 5.91 Å². The summed E-state index contributed by atoms with van der Waals surface area (Å²) in [6, 6.07) is 1.22. The normalized spacial score (nSPS) is 20.2. The summed E-state index contributed by atoms with van der Waals surface area (Å²) < 4.78 is 73.6. The number of carbonyl (C=O) groups excluding carboxylic acids is 2. The van der Waals surface area contributed by atoms with E-state index >= 15 is 8.78 Å². The van der Waals surface area contributed by atoms with Crippen molar-refractivity contribution in [2.75, 3.05) is 43.4 Å². The Morgan fingerprint density at radius 1 is 1.05 bits per heavy atom. The van der Waals surface area contributed by atoms with Gasteiger partial charge in [-0.3, -0.25) is 19.3 Å². The summed E-state index contributed by atoms with van der Waals surface area (Å²) in [6.45, 7) is 9.97. The van der Waals surface area contributed by atoms with Gasteiger partial charge in [0.2, 0.25) is 11.5 Å². The third-order valence-electron chi connectivity index (χ3n) is 8.01. The maximum absolute atomic E-state index is 16.5. The summed E-state index contributed by atoms with van der Waals surface area (Å²) in [4.78, 5) is 45.2. The van der Waals surface area contributed by atoms with Crippen molar-refractivity contribution >= 4 is 28.8 Å². The molecule has 0 aliphatic carbocycles. The lowest BCUT2D eigenvalue weighted by atomic mass is 9.92. The highest BCUT2D eigenvalue weighted by atomic mass is 19.4. The second kappa shape index (κ2) is 11.7. The predicted molar refractivity (Wildman–Crippen MR) is 154 cm³/mol. The van der Waals surface area contributed by atoms with Gasteiger partial charge in [-0.2, -0.15) is 13.2 Å². The number of halogens is 5. The van der Waals surface area contributed by atoms with Gasteiger partial charge >= 0.3 is 6.18 Å². The molecule has 1 saturated heterocycles. The molecule has 0 spiro atoms. The first-order valence-electron chi connectivity index (χ1n) is 14.0. The summed E-state index contributed by atoms with van der Waals surface area (Å²) >= 11 is 0. The molecular formula is C30H36F5N5O3. The lowest BCUT2D eigenvalue weighted by Gasteiger charge is -2.44. The first kappa shape index (κ1) is 32.2. The topological polar surface area (TPSA) is 88.7 Å². The molecule has 2 atom stereocenters. The Kier molecular flexibility index (Phi) is 8.79. The summed E-state index contributed by atoms with van der Waals surface area (Å²) in [7, 11) is 1.91. The lowest BCUT2D eigenvalue weighted by molar-refractivity contribution is -0.139. The number of pyridine rings is 1. The molecule has 234 valence electrons. The van der Waals surface area contributed by atoms with E-state index in [1.165, 1.54) is 4.90 Å². The van der Waals surface area contributed by atoms with E-state index in [0.717, 1.165) is 6.07 Å². The van der Waals surface area contributed by atoms with Gasteiger partial charge in [0.1, 0.15) is 11.5 Å². The molecule has 8 nitrogen and oxygen atoms in total. The first-order valence-corrected chi connectivity index (χ1v) is 14.0. The van der Waals surface area contributed by atoms with Crippen LogP contribution in [0.4, 0.5) is 33.3 Å². The van der Waals surface area contributed by atoms with E-state index in [1.807, 2.05) is 20.9 Å². The molecule has 1 aromatic carbocycles. The molecule has 2 unspecified atom stereocenters. The smallest absolute Gasteiger partial charge is 0.367 e. The van der Waals surface area contributed by atoms with E-state index in [2.05, 4.69) is 15.2 Å². The molecule has 2 aliphatic rings. The van der Waals surface area contributed by atoms with Gasteiger partial charge in [-0.05, 0) is 32.9 Å². The van der Waals surface area contributed by atoms with Gasteiger partial charge in [-0.25, -0.2) is 8.78 Å². The second-order valence-corrected chi connectivity index (χ2v) is 12.3. The molecule has 2 aliphatic heterocycles. The second-order valence-electron chi connectivity index (χ2n) is 12.3. The number of piperazine rings is 1. The number of amides is 2. The van der Waals surface area contributed by atoms with Crippen LogP contribution < -0.4 is 15.8 Å². The number of alkyl halides is 3. The number of hydrogen-bond donors (Lipinski definition) is 2. The van der Waals surface area contributed by atoms with Crippen LogP contribution in [0.2, 0.25) is 0 Å². The molecule has 2 N–H and O–H groups in total. The van der Waals surface area contributed by atoms with Crippen LogP contribution in [0.15, 0.2) is 29.2 Å². The molecule has 0 bridgehead atoms. The van der Waals surface area contributed by atoms with Crippen molar-refractivity contribution < 1.29 is 31.5 Å². The maximum atomic E-state index is 16.5. The highest BCUT2D eigenvalue weighted by Crippen LogP contribution is 2.40.